The van der Waals surface area contributed by atoms with Gasteiger partial charge in [0, 0.05) is 24.9 Å². The van der Waals surface area contributed by atoms with Crippen LogP contribution < -0.4 is 5.32 Å². The molecule has 4 heteroatoms. The summed E-state index contributed by atoms with van der Waals surface area (Å²) in [6.07, 6.45) is 3.94. The van der Waals surface area contributed by atoms with E-state index in [0.717, 1.165) is 12.8 Å². The maximum Gasteiger partial charge on any atom is 0.225 e. The zero-order valence-corrected chi connectivity index (χ0v) is 15.6. The molecule has 1 unspecified atom stereocenters. The molecule has 1 atom stereocenters. The molecule has 0 aromatic heterocycles. The summed E-state index contributed by atoms with van der Waals surface area (Å²) >= 11 is 0. The average molecular weight is 342 g/mol. The lowest BCUT2D eigenvalue weighted by atomic mass is 9.93. The van der Waals surface area contributed by atoms with Crippen LogP contribution in [0.3, 0.4) is 0 Å². The third-order valence-electron chi connectivity index (χ3n) is 5.50. The molecule has 1 heterocycles. The van der Waals surface area contributed by atoms with E-state index >= 15 is 0 Å². The van der Waals surface area contributed by atoms with Crippen molar-refractivity contribution in [2.45, 2.75) is 52.5 Å². The number of nitrogens with zero attached hydrogens (tertiary/aromatic N) is 1. The Kier molecular flexibility index (Phi) is 5.45. The van der Waals surface area contributed by atoms with Gasteiger partial charge < -0.3 is 10.2 Å². The Balaban J connectivity index is 1.58. The van der Waals surface area contributed by atoms with Crippen molar-refractivity contribution in [3.63, 3.8) is 0 Å². The molecule has 25 heavy (non-hydrogen) atoms. The second kappa shape index (κ2) is 7.59. The fraction of sp³-hybridized carbons (Fsp3) is 0.619. The van der Waals surface area contributed by atoms with E-state index in [0.29, 0.717) is 19.0 Å². The number of hydrogen-bond donors (Lipinski definition) is 1. The molecule has 0 spiro atoms. The molecule has 4 nitrogen and oxygen atoms in total. The highest BCUT2D eigenvalue weighted by Crippen LogP contribution is 2.41. The SMILES string of the molecule is Cc1ccc(C(NC(=O)C2CCN(C(=O)C(C)C)CC2)C2CC2)cc1. The van der Waals surface area contributed by atoms with Crippen LogP contribution in [0.25, 0.3) is 0 Å². The normalized spacial score (nSPS) is 19.8. The van der Waals surface area contributed by atoms with Gasteiger partial charge in [0.25, 0.3) is 0 Å². The topological polar surface area (TPSA) is 49.4 Å². The molecule has 1 aromatic carbocycles. The maximum absolute atomic E-state index is 12.8. The van der Waals surface area contributed by atoms with Gasteiger partial charge in [0.05, 0.1) is 6.04 Å². The smallest absolute Gasteiger partial charge is 0.225 e. The van der Waals surface area contributed by atoms with Gasteiger partial charge >= 0.3 is 0 Å². The van der Waals surface area contributed by atoms with Gasteiger partial charge in [0.15, 0.2) is 0 Å². The molecule has 2 amide bonds. The zero-order valence-electron chi connectivity index (χ0n) is 15.6. The highest BCUT2D eigenvalue weighted by Gasteiger charge is 2.35. The fourth-order valence-corrected chi connectivity index (χ4v) is 3.68. The number of carbonyl (C=O) groups excluding carboxylic acids is 2. The van der Waals surface area contributed by atoms with Crippen LogP contribution in [0.15, 0.2) is 24.3 Å². The first-order valence-corrected chi connectivity index (χ1v) is 9.61. The van der Waals surface area contributed by atoms with Crippen LogP contribution in [-0.2, 0) is 9.59 Å². The highest BCUT2D eigenvalue weighted by atomic mass is 16.2. The van der Waals surface area contributed by atoms with Crippen LogP contribution in [0.4, 0.5) is 0 Å². The Bertz CT molecular complexity index is 611. The largest absolute Gasteiger partial charge is 0.349 e. The molecule has 0 bridgehead atoms. The summed E-state index contributed by atoms with van der Waals surface area (Å²) < 4.78 is 0. The van der Waals surface area contributed by atoms with Crippen molar-refractivity contribution in [1.82, 2.24) is 10.2 Å². The number of carbonyl (C=O) groups is 2. The van der Waals surface area contributed by atoms with E-state index in [1.807, 2.05) is 18.7 Å². The standard InChI is InChI=1S/C21H30N2O2/c1-14(2)21(25)23-12-10-18(11-13-23)20(24)22-19(17-8-9-17)16-6-4-15(3)5-7-16/h4-7,14,17-19H,8-13H2,1-3H3,(H,22,24). The van der Waals surface area contributed by atoms with Crippen LogP contribution in [0.5, 0.6) is 0 Å². The van der Waals surface area contributed by atoms with Crippen LogP contribution in [-0.4, -0.2) is 29.8 Å². The molecular weight excluding hydrogens is 312 g/mol. The second-order valence-electron chi connectivity index (χ2n) is 7.99. The minimum atomic E-state index is 0.0305. The minimum Gasteiger partial charge on any atom is -0.349 e. The number of amides is 2. The van der Waals surface area contributed by atoms with Gasteiger partial charge in [-0.25, -0.2) is 0 Å². The quantitative estimate of drug-likeness (QED) is 0.891. The lowest BCUT2D eigenvalue weighted by molar-refractivity contribution is -0.138. The lowest BCUT2D eigenvalue weighted by Crippen LogP contribution is -2.45. The monoisotopic (exact) mass is 342 g/mol. The molecule has 3 rings (SSSR count). The van der Waals surface area contributed by atoms with Crippen LogP contribution >= 0.6 is 0 Å². The van der Waals surface area contributed by atoms with Crippen molar-refractivity contribution in [1.29, 1.82) is 0 Å². The minimum absolute atomic E-state index is 0.0305. The summed E-state index contributed by atoms with van der Waals surface area (Å²) in [5.74, 6) is 1.01. The number of aryl methyl sites for hydroxylation is 1. The van der Waals surface area contributed by atoms with Crippen LogP contribution in [0.2, 0.25) is 0 Å². The molecule has 1 aromatic rings. The van der Waals surface area contributed by atoms with E-state index in [9.17, 15) is 9.59 Å². The predicted molar refractivity (Wildman–Crippen MR) is 98.9 cm³/mol. The van der Waals surface area contributed by atoms with Crippen molar-refractivity contribution >= 4 is 11.8 Å². The summed E-state index contributed by atoms with van der Waals surface area (Å²) in [4.78, 5) is 26.8. The van der Waals surface area contributed by atoms with Gasteiger partial charge in [-0.05, 0) is 44.1 Å². The molecule has 1 saturated carbocycles. The third kappa shape index (κ3) is 4.42. The first-order chi connectivity index (χ1) is 12.0. The lowest BCUT2D eigenvalue weighted by Gasteiger charge is -2.33. The second-order valence-corrected chi connectivity index (χ2v) is 7.99. The molecule has 1 N–H and O–H groups in total. The molecule has 0 radical (unpaired) electrons. The number of piperidine rings is 1. The van der Waals surface area contributed by atoms with Crippen molar-refractivity contribution in [2.24, 2.45) is 17.8 Å². The number of hydrogen-bond acceptors (Lipinski definition) is 2. The van der Waals surface area contributed by atoms with Gasteiger partial charge in [0.2, 0.25) is 11.8 Å². The first kappa shape index (κ1) is 18.0. The molecule has 1 aliphatic heterocycles. The van der Waals surface area contributed by atoms with Crippen LogP contribution in [0, 0.1) is 24.7 Å². The van der Waals surface area contributed by atoms with E-state index in [-0.39, 0.29) is 29.7 Å². The zero-order chi connectivity index (χ0) is 18.0. The summed E-state index contributed by atoms with van der Waals surface area (Å²) in [5.41, 5.74) is 2.46. The molecule has 1 saturated heterocycles. The predicted octanol–water partition coefficient (Wildman–Crippen LogP) is 3.46. The van der Waals surface area contributed by atoms with Gasteiger partial charge in [-0.2, -0.15) is 0 Å². The van der Waals surface area contributed by atoms with E-state index in [1.54, 1.807) is 0 Å². The molecule has 2 fully saturated rings. The summed E-state index contributed by atoms with van der Waals surface area (Å²) in [6, 6.07) is 8.66. The summed E-state index contributed by atoms with van der Waals surface area (Å²) in [6.45, 7) is 7.36. The fourth-order valence-electron chi connectivity index (χ4n) is 3.68. The first-order valence-electron chi connectivity index (χ1n) is 9.61. The van der Waals surface area contributed by atoms with Crippen molar-refractivity contribution in [3.05, 3.63) is 35.4 Å². The molecule has 1 aliphatic carbocycles. The Morgan fingerprint density at radius 2 is 1.64 bits per heavy atom. The molecule has 2 aliphatic rings. The number of rotatable bonds is 5. The number of likely N-dealkylation sites (tertiary alicyclic amines) is 1. The summed E-state index contributed by atoms with van der Waals surface area (Å²) in [7, 11) is 0. The maximum atomic E-state index is 12.8. The van der Waals surface area contributed by atoms with Crippen molar-refractivity contribution in [2.75, 3.05) is 13.1 Å². The van der Waals surface area contributed by atoms with Crippen molar-refractivity contribution in [3.8, 4) is 0 Å². The van der Waals surface area contributed by atoms with Crippen molar-refractivity contribution < 1.29 is 9.59 Å². The Morgan fingerprint density at radius 1 is 1.04 bits per heavy atom. The Morgan fingerprint density at radius 3 is 2.16 bits per heavy atom. The van der Waals surface area contributed by atoms with E-state index in [2.05, 4.69) is 36.5 Å². The Labute approximate surface area is 151 Å². The van der Waals surface area contributed by atoms with Gasteiger partial charge in [-0.1, -0.05) is 43.7 Å². The summed E-state index contributed by atoms with van der Waals surface area (Å²) in [5, 5.41) is 3.31. The number of benzene rings is 1. The molecular formula is C21H30N2O2. The highest BCUT2D eigenvalue weighted by molar-refractivity contribution is 5.81. The third-order valence-corrected chi connectivity index (χ3v) is 5.50. The van der Waals surface area contributed by atoms with Gasteiger partial charge in [-0.3, -0.25) is 9.59 Å². The van der Waals surface area contributed by atoms with E-state index < -0.39 is 0 Å². The number of nitrogens with one attached hydrogen (secondary N) is 1. The van der Waals surface area contributed by atoms with E-state index in [1.165, 1.54) is 24.0 Å². The van der Waals surface area contributed by atoms with E-state index in [4.69, 9.17) is 0 Å². The Hall–Kier alpha value is -1.84. The molecule has 136 valence electrons. The van der Waals surface area contributed by atoms with Gasteiger partial charge in [-0.15, -0.1) is 0 Å². The average Bonchev–Trinajstić information content (AvgIpc) is 3.45. The van der Waals surface area contributed by atoms with Crippen LogP contribution in [0.1, 0.15) is 56.7 Å². The van der Waals surface area contributed by atoms with Gasteiger partial charge in [0.1, 0.15) is 0 Å².